The molecule has 18 heavy (non-hydrogen) atoms. The van der Waals surface area contributed by atoms with Crippen LogP contribution in [0, 0.1) is 6.92 Å². The fourth-order valence-electron chi connectivity index (χ4n) is 1.49. The first-order chi connectivity index (χ1) is 8.31. The molecule has 4 heteroatoms. The lowest BCUT2D eigenvalue weighted by molar-refractivity contribution is -0.157. The molecule has 0 saturated heterocycles. The van der Waals surface area contributed by atoms with E-state index in [1.807, 2.05) is 46.8 Å². The fourth-order valence-corrected chi connectivity index (χ4v) is 1.49. The van der Waals surface area contributed by atoms with Gasteiger partial charge < -0.3 is 9.47 Å². The molecule has 0 aliphatic rings. The first kappa shape index (κ1) is 14.5. The Bertz CT molecular complexity index is 422. The van der Waals surface area contributed by atoms with E-state index in [0.29, 0.717) is 5.75 Å². The predicted molar refractivity (Wildman–Crippen MR) is 69.7 cm³/mol. The van der Waals surface area contributed by atoms with Crippen molar-refractivity contribution in [1.82, 2.24) is 4.98 Å². The van der Waals surface area contributed by atoms with Crippen molar-refractivity contribution < 1.29 is 14.3 Å². The van der Waals surface area contributed by atoms with Crippen LogP contribution in [0.3, 0.4) is 0 Å². The van der Waals surface area contributed by atoms with Gasteiger partial charge in [0.05, 0.1) is 5.69 Å². The quantitative estimate of drug-likeness (QED) is 0.772. The molecule has 100 valence electrons. The van der Waals surface area contributed by atoms with E-state index >= 15 is 0 Å². The van der Waals surface area contributed by atoms with Gasteiger partial charge in [0.25, 0.3) is 0 Å². The number of aromatic nitrogens is 1. The lowest BCUT2D eigenvalue weighted by atomic mass is 10.2. The van der Waals surface area contributed by atoms with E-state index in [1.165, 1.54) is 0 Å². The van der Waals surface area contributed by atoms with E-state index in [4.69, 9.17) is 9.47 Å². The Morgan fingerprint density at radius 3 is 2.56 bits per heavy atom. The number of pyridine rings is 1. The van der Waals surface area contributed by atoms with E-state index in [2.05, 4.69) is 4.98 Å². The molecule has 1 heterocycles. The second-order valence-electron chi connectivity index (χ2n) is 5.13. The Balaban J connectivity index is 2.61. The summed E-state index contributed by atoms with van der Waals surface area (Å²) in [6.07, 6.45) is 0.769. The highest BCUT2D eigenvalue weighted by atomic mass is 16.6. The Morgan fingerprint density at radius 2 is 2.00 bits per heavy atom. The number of ether oxygens (including phenoxy) is 2. The smallest absolute Gasteiger partial charge is 0.344 e. The summed E-state index contributed by atoms with van der Waals surface area (Å²) in [5.41, 5.74) is 1.31. The lowest BCUT2D eigenvalue weighted by Gasteiger charge is -2.19. The van der Waals surface area contributed by atoms with Crippen LogP contribution < -0.4 is 4.74 Å². The summed E-state index contributed by atoms with van der Waals surface area (Å²) in [5, 5.41) is 0. The number of hydrogen-bond donors (Lipinski definition) is 0. The SMILES string of the molecule is CCc1nc(C)ccc1OCC(=O)OC(C)(C)C. The third kappa shape index (κ3) is 4.73. The van der Waals surface area contributed by atoms with Crippen molar-refractivity contribution >= 4 is 5.97 Å². The second-order valence-corrected chi connectivity index (χ2v) is 5.13. The van der Waals surface area contributed by atoms with Gasteiger partial charge in [-0.1, -0.05) is 6.92 Å². The summed E-state index contributed by atoms with van der Waals surface area (Å²) >= 11 is 0. The summed E-state index contributed by atoms with van der Waals surface area (Å²) in [6, 6.07) is 3.70. The largest absolute Gasteiger partial charge is 0.480 e. The number of hydrogen-bond acceptors (Lipinski definition) is 4. The highest BCUT2D eigenvalue weighted by Gasteiger charge is 2.17. The first-order valence-corrected chi connectivity index (χ1v) is 6.13. The molecule has 1 aromatic heterocycles. The predicted octanol–water partition coefficient (Wildman–Crippen LogP) is 2.67. The summed E-state index contributed by atoms with van der Waals surface area (Å²) in [4.78, 5) is 15.9. The molecule has 0 saturated carbocycles. The van der Waals surface area contributed by atoms with Gasteiger partial charge in [0.15, 0.2) is 6.61 Å². The van der Waals surface area contributed by atoms with E-state index in [1.54, 1.807) is 0 Å². The topological polar surface area (TPSA) is 48.4 Å². The Morgan fingerprint density at radius 1 is 1.33 bits per heavy atom. The molecular formula is C14H21NO3. The third-order valence-electron chi connectivity index (χ3n) is 2.17. The number of nitrogens with zero attached hydrogens (tertiary/aromatic N) is 1. The molecule has 0 fully saturated rings. The van der Waals surface area contributed by atoms with Crippen LogP contribution >= 0.6 is 0 Å². The standard InChI is InChI=1S/C14H21NO3/c1-6-11-12(8-7-10(2)15-11)17-9-13(16)18-14(3,4)5/h7-8H,6,9H2,1-5H3. The van der Waals surface area contributed by atoms with Gasteiger partial charge in [-0.25, -0.2) is 4.79 Å². The summed E-state index contributed by atoms with van der Waals surface area (Å²) in [6.45, 7) is 9.33. The van der Waals surface area contributed by atoms with Crippen LogP contribution in [-0.4, -0.2) is 23.2 Å². The number of aryl methyl sites for hydroxylation is 2. The molecule has 0 amide bonds. The van der Waals surface area contributed by atoms with Crippen LogP contribution in [0.2, 0.25) is 0 Å². The van der Waals surface area contributed by atoms with Crippen LogP contribution in [0.1, 0.15) is 39.1 Å². The Kier molecular flexibility index (Phi) is 4.70. The second kappa shape index (κ2) is 5.85. The monoisotopic (exact) mass is 251 g/mol. The molecule has 0 atom stereocenters. The highest BCUT2D eigenvalue weighted by molar-refractivity contribution is 5.71. The normalized spacial score (nSPS) is 11.2. The van der Waals surface area contributed by atoms with Crippen molar-refractivity contribution in [2.24, 2.45) is 0 Å². The molecule has 0 aromatic carbocycles. The summed E-state index contributed by atoms with van der Waals surface area (Å²) < 4.78 is 10.6. The summed E-state index contributed by atoms with van der Waals surface area (Å²) in [5.74, 6) is 0.277. The molecule has 1 aromatic rings. The van der Waals surface area contributed by atoms with E-state index in [9.17, 15) is 4.79 Å². The zero-order chi connectivity index (χ0) is 13.8. The molecule has 0 spiro atoms. The molecule has 0 aliphatic heterocycles. The molecule has 0 radical (unpaired) electrons. The molecule has 4 nitrogen and oxygen atoms in total. The molecular weight excluding hydrogens is 230 g/mol. The van der Waals surface area contributed by atoms with Crippen molar-refractivity contribution in [2.75, 3.05) is 6.61 Å². The van der Waals surface area contributed by atoms with Crippen LogP contribution in [-0.2, 0) is 16.0 Å². The Labute approximate surface area is 108 Å². The molecule has 0 bridgehead atoms. The molecule has 1 rings (SSSR count). The van der Waals surface area contributed by atoms with Crippen LogP contribution in [0.4, 0.5) is 0 Å². The minimum absolute atomic E-state index is 0.0883. The zero-order valence-electron chi connectivity index (χ0n) is 11.7. The molecule has 0 aliphatic carbocycles. The summed E-state index contributed by atoms with van der Waals surface area (Å²) in [7, 11) is 0. The van der Waals surface area contributed by atoms with Gasteiger partial charge in [0.1, 0.15) is 11.4 Å². The lowest BCUT2D eigenvalue weighted by Crippen LogP contribution is -2.27. The van der Waals surface area contributed by atoms with Crippen molar-refractivity contribution in [1.29, 1.82) is 0 Å². The zero-order valence-corrected chi connectivity index (χ0v) is 11.7. The van der Waals surface area contributed by atoms with Gasteiger partial charge >= 0.3 is 5.97 Å². The number of carbonyl (C=O) groups excluding carboxylic acids is 1. The maximum absolute atomic E-state index is 11.5. The van der Waals surface area contributed by atoms with Crippen molar-refractivity contribution in [3.8, 4) is 5.75 Å². The van der Waals surface area contributed by atoms with Crippen LogP contribution in [0.15, 0.2) is 12.1 Å². The van der Waals surface area contributed by atoms with Crippen molar-refractivity contribution in [2.45, 2.75) is 46.6 Å². The van der Waals surface area contributed by atoms with Gasteiger partial charge in [-0.05, 0) is 46.2 Å². The van der Waals surface area contributed by atoms with E-state index < -0.39 is 5.60 Å². The maximum atomic E-state index is 11.5. The van der Waals surface area contributed by atoms with Crippen LogP contribution in [0.25, 0.3) is 0 Å². The van der Waals surface area contributed by atoms with Crippen molar-refractivity contribution in [3.63, 3.8) is 0 Å². The highest BCUT2D eigenvalue weighted by Crippen LogP contribution is 2.17. The minimum Gasteiger partial charge on any atom is -0.480 e. The van der Waals surface area contributed by atoms with Gasteiger partial charge in [-0.15, -0.1) is 0 Å². The number of carbonyl (C=O) groups is 1. The first-order valence-electron chi connectivity index (χ1n) is 6.13. The van der Waals surface area contributed by atoms with Gasteiger partial charge in [0.2, 0.25) is 0 Å². The van der Waals surface area contributed by atoms with Gasteiger partial charge in [-0.2, -0.15) is 0 Å². The fraction of sp³-hybridized carbons (Fsp3) is 0.571. The Hall–Kier alpha value is -1.58. The van der Waals surface area contributed by atoms with E-state index in [-0.39, 0.29) is 12.6 Å². The average molecular weight is 251 g/mol. The molecule has 0 unspecified atom stereocenters. The van der Waals surface area contributed by atoms with Crippen LogP contribution in [0.5, 0.6) is 5.75 Å². The minimum atomic E-state index is -0.487. The maximum Gasteiger partial charge on any atom is 0.344 e. The van der Waals surface area contributed by atoms with E-state index in [0.717, 1.165) is 17.8 Å². The van der Waals surface area contributed by atoms with Crippen molar-refractivity contribution in [3.05, 3.63) is 23.5 Å². The molecule has 0 N–H and O–H groups in total. The third-order valence-corrected chi connectivity index (χ3v) is 2.17. The van der Waals surface area contributed by atoms with Gasteiger partial charge in [0, 0.05) is 5.69 Å². The average Bonchev–Trinajstić information content (AvgIpc) is 2.24. The number of rotatable bonds is 4. The number of esters is 1. The van der Waals surface area contributed by atoms with Gasteiger partial charge in [-0.3, -0.25) is 4.98 Å².